The Labute approximate surface area is 195 Å². The highest BCUT2D eigenvalue weighted by Gasteiger charge is 2.46. The van der Waals surface area contributed by atoms with Crippen molar-refractivity contribution in [2.75, 3.05) is 29.5 Å². The number of aromatic nitrogens is 3. The van der Waals surface area contributed by atoms with Gasteiger partial charge in [-0.15, -0.1) is 0 Å². The van der Waals surface area contributed by atoms with E-state index in [4.69, 9.17) is 28.8 Å². The maximum Gasteiger partial charge on any atom is 0.158 e. The first-order chi connectivity index (χ1) is 15.4. The highest BCUT2D eigenvalue weighted by Crippen LogP contribution is 2.51. The molecule has 7 N–H and O–H groups in total. The molecule has 1 aliphatic carbocycles. The number of nitrogen functional groups attached to an aromatic ring is 2. The molecule has 3 aromatic rings. The Morgan fingerprint density at radius 2 is 1.91 bits per heavy atom. The summed E-state index contributed by atoms with van der Waals surface area (Å²) in [5, 5.41) is 10.8. The van der Waals surface area contributed by atoms with Crippen LogP contribution in [0.3, 0.4) is 0 Å². The number of phenols is 1. The molecule has 0 saturated carbocycles. The van der Waals surface area contributed by atoms with Crippen LogP contribution in [0.4, 0.5) is 17.5 Å². The van der Waals surface area contributed by atoms with Crippen LogP contribution in [-0.2, 0) is 6.42 Å². The Morgan fingerprint density at radius 3 is 2.66 bits per heavy atom. The summed E-state index contributed by atoms with van der Waals surface area (Å²) in [4.78, 5) is 16.0. The van der Waals surface area contributed by atoms with Gasteiger partial charge >= 0.3 is 0 Å². The molecule has 5 rings (SSSR count). The van der Waals surface area contributed by atoms with Crippen LogP contribution in [-0.4, -0.2) is 33.1 Å². The molecule has 1 unspecified atom stereocenters. The highest BCUT2D eigenvalue weighted by atomic mass is 35.5. The smallest absolute Gasteiger partial charge is 0.158 e. The van der Waals surface area contributed by atoms with E-state index < -0.39 is 0 Å². The van der Waals surface area contributed by atoms with Crippen molar-refractivity contribution in [3.63, 3.8) is 0 Å². The lowest BCUT2D eigenvalue weighted by molar-refractivity contribution is 0.187. The third-order valence-corrected chi connectivity index (χ3v) is 8.17. The second kappa shape index (κ2) is 7.99. The first kappa shape index (κ1) is 21.1. The molecule has 1 fully saturated rings. The zero-order chi connectivity index (χ0) is 22.5. The van der Waals surface area contributed by atoms with E-state index in [1.54, 1.807) is 24.5 Å². The molecule has 1 aliphatic heterocycles. The maximum atomic E-state index is 9.85. The molecule has 1 aromatic carbocycles. The van der Waals surface area contributed by atoms with E-state index >= 15 is 0 Å². The molecular weight excluding hydrogens is 446 g/mol. The zero-order valence-electron chi connectivity index (χ0n) is 17.3. The second-order valence-corrected chi connectivity index (χ2v) is 9.82. The summed E-state index contributed by atoms with van der Waals surface area (Å²) in [7, 11) is 0. The number of anilines is 3. The van der Waals surface area contributed by atoms with Gasteiger partial charge in [-0.25, -0.2) is 15.0 Å². The van der Waals surface area contributed by atoms with E-state index in [-0.39, 0.29) is 23.0 Å². The Morgan fingerprint density at radius 1 is 1.12 bits per heavy atom. The molecule has 0 amide bonds. The fourth-order valence-electron chi connectivity index (χ4n) is 4.76. The van der Waals surface area contributed by atoms with Gasteiger partial charge in [-0.2, -0.15) is 0 Å². The van der Waals surface area contributed by atoms with Crippen molar-refractivity contribution >= 4 is 40.8 Å². The number of pyridine rings is 1. The third kappa shape index (κ3) is 3.60. The number of hydrogen-bond acceptors (Lipinski definition) is 9. The van der Waals surface area contributed by atoms with Gasteiger partial charge in [0, 0.05) is 30.2 Å². The first-order valence-electron chi connectivity index (χ1n) is 10.4. The highest BCUT2D eigenvalue weighted by molar-refractivity contribution is 7.99. The van der Waals surface area contributed by atoms with Crippen molar-refractivity contribution in [3.8, 4) is 5.75 Å². The minimum absolute atomic E-state index is 0.0133. The minimum Gasteiger partial charge on any atom is -0.508 e. The summed E-state index contributed by atoms with van der Waals surface area (Å²) in [6.07, 6.45) is 6.16. The van der Waals surface area contributed by atoms with Crippen LogP contribution in [0, 0.1) is 5.41 Å². The summed E-state index contributed by atoms with van der Waals surface area (Å²) in [5.41, 5.74) is 21.0. The standard InChI is InChI=1S/C22H24ClN7OS/c23-17-15(3-6-27-19(17)25)32-21-20(26)29-16(11-28-21)30-7-4-22(5-8-30)10-12-1-2-13(31)9-14(12)18(22)24/h1-3,6,9,11,18,31H,4-5,7-8,10,24H2,(H2,25,27)(H2,26,29). The van der Waals surface area contributed by atoms with E-state index in [1.807, 2.05) is 12.1 Å². The van der Waals surface area contributed by atoms with Crippen molar-refractivity contribution in [2.45, 2.75) is 35.2 Å². The summed E-state index contributed by atoms with van der Waals surface area (Å²) >= 11 is 7.55. The number of piperidine rings is 1. The molecule has 2 aromatic heterocycles. The van der Waals surface area contributed by atoms with E-state index in [1.165, 1.54) is 17.3 Å². The predicted molar refractivity (Wildman–Crippen MR) is 127 cm³/mol. The molecule has 32 heavy (non-hydrogen) atoms. The van der Waals surface area contributed by atoms with Crippen LogP contribution in [0.15, 0.2) is 46.6 Å². The van der Waals surface area contributed by atoms with Crippen LogP contribution in [0.2, 0.25) is 5.02 Å². The molecule has 0 radical (unpaired) electrons. The van der Waals surface area contributed by atoms with Gasteiger partial charge in [-0.3, -0.25) is 0 Å². The van der Waals surface area contributed by atoms with Gasteiger partial charge in [-0.1, -0.05) is 29.4 Å². The van der Waals surface area contributed by atoms with E-state index in [0.29, 0.717) is 15.9 Å². The van der Waals surface area contributed by atoms with Gasteiger partial charge in [0.05, 0.1) is 11.2 Å². The Kier molecular flexibility index (Phi) is 5.27. The molecular formula is C22H24ClN7OS. The van der Waals surface area contributed by atoms with Crippen LogP contribution in [0.1, 0.15) is 30.0 Å². The summed E-state index contributed by atoms with van der Waals surface area (Å²) in [5.74, 6) is 1.64. The van der Waals surface area contributed by atoms with Crippen molar-refractivity contribution in [2.24, 2.45) is 11.1 Å². The Balaban J connectivity index is 1.29. The number of benzene rings is 1. The maximum absolute atomic E-state index is 9.85. The average Bonchev–Trinajstić information content (AvgIpc) is 3.04. The average molecular weight is 470 g/mol. The van der Waals surface area contributed by atoms with Crippen molar-refractivity contribution < 1.29 is 5.11 Å². The molecule has 2 aliphatic rings. The lowest BCUT2D eigenvalue weighted by atomic mass is 9.73. The van der Waals surface area contributed by atoms with Crippen molar-refractivity contribution in [3.05, 3.63) is 52.8 Å². The molecule has 1 saturated heterocycles. The van der Waals surface area contributed by atoms with Gasteiger partial charge in [0.15, 0.2) is 5.82 Å². The monoisotopic (exact) mass is 469 g/mol. The van der Waals surface area contributed by atoms with Crippen LogP contribution in [0.25, 0.3) is 0 Å². The predicted octanol–water partition coefficient (Wildman–Crippen LogP) is 3.39. The van der Waals surface area contributed by atoms with E-state index in [2.05, 4.69) is 19.9 Å². The molecule has 10 heteroatoms. The topological polar surface area (TPSA) is 140 Å². The van der Waals surface area contributed by atoms with Gasteiger partial charge in [0.25, 0.3) is 0 Å². The SMILES string of the molecule is Nc1nc(N2CCC3(CC2)Cc2ccc(O)cc2C3N)cnc1Sc1ccnc(N)c1Cl. The number of aromatic hydroxyl groups is 1. The van der Waals surface area contributed by atoms with Crippen LogP contribution in [0.5, 0.6) is 5.75 Å². The lowest BCUT2D eigenvalue weighted by Gasteiger charge is -2.42. The number of fused-ring (bicyclic) bond motifs is 1. The third-order valence-electron chi connectivity index (χ3n) is 6.59. The Bertz CT molecular complexity index is 1180. The molecule has 8 nitrogen and oxygen atoms in total. The number of nitrogens with zero attached hydrogens (tertiary/aromatic N) is 4. The number of nitrogens with two attached hydrogens (primary N) is 3. The van der Waals surface area contributed by atoms with Crippen molar-refractivity contribution in [1.29, 1.82) is 0 Å². The fourth-order valence-corrected chi connectivity index (χ4v) is 5.77. The molecule has 3 heterocycles. The second-order valence-electron chi connectivity index (χ2n) is 8.42. The van der Waals surface area contributed by atoms with Gasteiger partial charge in [-0.05, 0) is 54.0 Å². The first-order valence-corrected chi connectivity index (χ1v) is 11.6. The van der Waals surface area contributed by atoms with Crippen LogP contribution >= 0.6 is 23.4 Å². The fraction of sp³-hybridized carbons (Fsp3) is 0.318. The van der Waals surface area contributed by atoms with E-state index in [9.17, 15) is 5.11 Å². The summed E-state index contributed by atoms with van der Waals surface area (Å²) < 4.78 is 0. The van der Waals surface area contributed by atoms with Gasteiger partial charge in [0.1, 0.15) is 22.4 Å². The van der Waals surface area contributed by atoms with Gasteiger partial charge in [0.2, 0.25) is 0 Å². The van der Waals surface area contributed by atoms with Crippen molar-refractivity contribution in [1.82, 2.24) is 15.0 Å². The number of phenolic OH excluding ortho intramolecular Hbond substituents is 1. The molecule has 0 bridgehead atoms. The number of rotatable bonds is 3. The Hall–Kier alpha value is -2.75. The lowest BCUT2D eigenvalue weighted by Crippen LogP contribution is -2.44. The zero-order valence-corrected chi connectivity index (χ0v) is 18.9. The molecule has 1 spiro atoms. The van der Waals surface area contributed by atoms with Crippen LogP contribution < -0.4 is 22.1 Å². The largest absolute Gasteiger partial charge is 0.508 e. The molecule has 1 atom stereocenters. The minimum atomic E-state index is -0.0702. The summed E-state index contributed by atoms with van der Waals surface area (Å²) in [6.45, 7) is 1.64. The number of halogens is 1. The quantitative estimate of drug-likeness (QED) is 0.454. The normalized spacial score (nSPS) is 19.3. The van der Waals surface area contributed by atoms with Gasteiger partial charge < -0.3 is 27.2 Å². The summed E-state index contributed by atoms with van der Waals surface area (Å²) in [6, 6.07) is 7.25. The number of hydrogen-bond donors (Lipinski definition) is 4. The molecule has 166 valence electrons. The van der Waals surface area contributed by atoms with E-state index in [0.717, 1.165) is 48.6 Å².